The third-order valence-electron chi connectivity index (χ3n) is 4.81. The summed E-state index contributed by atoms with van der Waals surface area (Å²) in [5.41, 5.74) is 3.54. The van der Waals surface area contributed by atoms with Crippen LogP contribution in [0.4, 0.5) is 4.79 Å². The van der Waals surface area contributed by atoms with Crippen molar-refractivity contribution >= 4 is 6.03 Å². The standard InChI is InChI=1S/C22H29N3O3/c1-27-21-7-5-18(6-8-21)9-10-23-22(26)24-16-19-3-2-4-20(15-19)17-25-11-13-28-14-12-25/h2-8,15H,9-14,16-17H2,1H3,(H2,23,24,26). The number of morpholine rings is 1. The smallest absolute Gasteiger partial charge is 0.315 e. The van der Waals surface area contributed by atoms with Gasteiger partial charge in [0, 0.05) is 32.7 Å². The maximum atomic E-state index is 12.0. The summed E-state index contributed by atoms with van der Waals surface area (Å²) in [6, 6.07) is 16.1. The van der Waals surface area contributed by atoms with E-state index in [4.69, 9.17) is 9.47 Å². The third-order valence-corrected chi connectivity index (χ3v) is 4.81. The average molecular weight is 383 g/mol. The SMILES string of the molecule is COc1ccc(CCNC(=O)NCc2cccc(CN3CCOCC3)c2)cc1. The fraction of sp³-hybridized carbons (Fsp3) is 0.409. The number of nitrogens with zero attached hydrogens (tertiary/aromatic N) is 1. The molecular formula is C22H29N3O3. The summed E-state index contributed by atoms with van der Waals surface area (Å²) in [6.45, 7) is 5.58. The molecule has 0 unspecified atom stereocenters. The maximum Gasteiger partial charge on any atom is 0.315 e. The lowest BCUT2D eigenvalue weighted by molar-refractivity contribution is 0.0342. The van der Waals surface area contributed by atoms with E-state index in [1.54, 1.807) is 7.11 Å². The number of hydrogen-bond donors (Lipinski definition) is 2. The van der Waals surface area contributed by atoms with Crippen LogP contribution in [0, 0.1) is 0 Å². The van der Waals surface area contributed by atoms with Gasteiger partial charge in [0.05, 0.1) is 20.3 Å². The highest BCUT2D eigenvalue weighted by molar-refractivity contribution is 5.73. The zero-order valence-corrected chi connectivity index (χ0v) is 16.4. The molecule has 1 heterocycles. The molecule has 1 aliphatic rings. The molecule has 0 bridgehead atoms. The molecule has 0 aliphatic carbocycles. The van der Waals surface area contributed by atoms with Crippen molar-refractivity contribution in [2.24, 2.45) is 0 Å². The fourth-order valence-corrected chi connectivity index (χ4v) is 3.21. The molecule has 0 atom stereocenters. The van der Waals surface area contributed by atoms with E-state index in [1.165, 1.54) is 5.56 Å². The number of ether oxygens (including phenoxy) is 2. The first-order valence-electron chi connectivity index (χ1n) is 9.75. The highest BCUT2D eigenvalue weighted by Gasteiger charge is 2.10. The number of hydrogen-bond acceptors (Lipinski definition) is 4. The van der Waals surface area contributed by atoms with Crippen LogP contribution in [0.5, 0.6) is 5.75 Å². The van der Waals surface area contributed by atoms with Gasteiger partial charge in [-0.05, 0) is 35.2 Å². The number of rotatable bonds is 8. The van der Waals surface area contributed by atoms with Crippen molar-refractivity contribution in [2.75, 3.05) is 40.0 Å². The van der Waals surface area contributed by atoms with Gasteiger partial charge in [-0.25, -0.2) is 4.79 Å². The summed E-state index contributed by atoms with van der Waals surface area (Å²) < 4.78 is 10.5. The van der Waals surface area contributed by atoms with E-state index in [1.807, 2.05) is 36.4 Å². The summed E-state index contributed by atoms with van der Waals surface area (Å²) in [5, 5.41) is 5.84. The minimum atomic E-state index is -0.146. The Bertz CT molecular complexity index is 743. The highest BCUT2D eigenvalue weighted by Crippen LogP contribution is 2.12. The molecule has 0 radical (unpaired) electrons. The molecule has 0 aromatic heterocycles. The monoisotopic (exact) mass is 383 g/mol. The van der Waals surface area contributed by atoms with Gasteiger partial charge in [-0.2, -0.15) is 0 Å². The molecule has 1 saturated heterocycles. The lowest BCUT2D eigenvalue weighted by atomic mass is 10.1. The number of amides is 2. The molecule has 2 N–H and O–H groups in total. The molecule has 0 spiro atoms. The highest BCUT2D eigenvalue weighted by atomic mass is 16.5. The molecule has 2 amide bonds. The molecule has 6 nitrogen and oxygen atoms in total. The van der Waals surface area contributed by atoms with Crippen LogP contribution < -0.4 is 15.4 Å². The Morgan fingerprint density at radius 2 is 1.79 bits per heavy atom. The van der Waals surface area contributed by atoms with Crippen LogP contribution in [0.15, 0.2) is 48.5 Å². The van der Waals surface area contributed by atoms with Crippen molar-refractivity contribution in [3.63, 3.8) is 0 Å². The minimum absolute atomic E-state index is 0.146. The van der Waals surface area contributed by atoms with Gasteiger partial charge in [-0.1, -0.05) is 36.4 Å². The molecule has 1 fully saturated rings. The first kappa shape index (κ1) is 20.2. The first-order valence-corrected chi connectivity index (χ1v) is 9.75. The Morgan fingerprint density at radius 1 is 1.04 bits per heavy atom. The van der Waals surface area contributed by atoms with Crippen molar-refractivity contribution in [1.29, 1.82) is 0 Å². The molecule has 150 valence electrons. The van der Waals surface area contributed by atoms with Gasteiger partial charge >= 0.3 is 6.03 Å². The number of carbonyl (C=O) groups is 1. The Labute approximate surface area is 166 Å². The zero-order chi connectivity index (χ0) is 19.6. The van der Waals surface area contributed by atoms with Crippen LogP contribution in [0.1, 0.15) is 16.7 Å². The van der Waals surface area contributed by atoms with Crippen molar-refractivity contribution in [2.45, 2.75) is 19.5 Å². The van der Waals surface area contributed by atoms with E-state index in [0.717, 1.165) is 56.1 Å². The summed E-state index contributed by atoms with van der Waals surface area (Å²) in [5.74, 6) is 0.838. The van der Waals surface area contributed by atoms with Gasteiger partial charge in [0.2, 0.25) is 0 Å². The summed E-state index contributed by atoms with van der Waals surface area (Å²) in [7, 11) is 1.65. The molecule has 2 aromatic carbocycles. The van der Waals surface area contributed by atoms with E-state index in [-0.39, 0.29) is 6.03 Å². The van der Waals surface area contributed by atoms with Gasteiger partial charge in [-0.15, -0.1) is 0 Å². The first-order chi connectivity index (χ1) is 13.7. The molecule has 2 aromatic rings. The second kappa shape index (κ2) is 10.7. The van der Waals surface area contributed by atoms with E-state index in [2.05, 4.69) is 27.7 Å². The normalized spacial score (nSPS) is 14.5. The van der Waals surface area contributed by atoms with Crippen molar-refractivity contribution in [3.05, 3.63) is 65.2 Å². The van der Waals surface area contributed by atoms with Gasteiger partial charge in [0.1, 0.15) is 5.75 Å². The summed E-state index contributed by atoms with van der Waals surface area (Å²) in [4.78, 5) is 14.4. The van der Waals surface area contributed by atoms with Crippen LogP contribution in [-0.2, 0) is 24.2 Å². The number of nitrogens with one attached hydrogen (secondary N) is 2. The van der Waals surface area contributed by atoms with E-state index >= 15 is 0 Å². The van der Waals surface area contributed by atoms with Crippen LogP contribution in [0.25, 0.3) is 0 Å². The molecule has 28 heavy (non-hydrogen) atoms. The van der Waals surface area contributed by atoms with Gasteiger partial charge < -0.3 is 20.1 Å². The van der Waals surface area contributed by atoms with Crippen LogP contribution in [0.2, 0.25) is 0 Å². The summed E-state index contributed by atoms with van der Waals surface area (Å²) >= 11 is 0. The Morgan fingerprint density at radius 3 is 2.54 bits per heavy atom. The summed E-state index contributed by atoms with van der Waals surface area (Å²) in [6.07, 6.45) is 0.784. The second-order valence-electron chi connectivity index (χ2n) is 6.92. The van der Waals surface area contributed by atoms with Crippen LogP contribution in [0.3, 0.4) is 0 Å². The Hall–Kier alpha value is -2.57. The minimum Gasteiger partial charge on any atom is -0.497 e. The number of carbonyl (C=O) groups excluding carboxylic acids is 1. The Balaban J connectivity index is 1.38. The topological polar surface area (TPSA) is 62.8 Å². The molecule has 3 rings (SSSR count). The average Bonchev–Trinajstić information content (AvgIpc) is 2.74. The van der Waals surface area contributed by atoms with Crippen molar-refractivity contribution < 1.29 is 14.3 Å². The lowest BCUT2D eigenvalue weighted by Crippen LogP contribution is -2.36. The molecule has 0 saturated carbocycles. The Kier molecular flexibility index (Phi) is 7.70. The van der Waals surface area contributed by atoms with Gasteiger partial charge in [0.15, 0.2) is 0 Å². The quantitative estimate of drug-likeness (QED) is 0.736. The van der Waals surface area contributed by atoms with E-state index in [9.17, 15) is 4.79 Å². The van der Waals surface area contributed by atoms with Gasteiger partial charge in [0.25, 0.3) is 0 Å². The van der Waals surface area contributed by atoms with Gasteiger partial charge in [-0.3, -0.25) is 4.90 Å². The molecular weight excluding hydrogens is 354 g/mol. The fourth-order valence-electron chi connectivity index (χ4n) is 3.21. The van der Waals surface area contributed by atoms with E-state index in [0.29, 0.717) is 13.1 Å². The number of benzene rings is 2. The number of urea groups is 1. The second-order valence-corrected chi connectivity index (χ2v) is 6.92. The van der Waals surface area contributed by atoms with Crippen molar-refractivity contribution in [1.82, 2.24) is 15.5 Å². The zero-order valence-electron chi connectivity index (χ0n) is 16.4. The molecule has 1 aliphatic heterocycles. The third kappa shape index (κ3) is 6.55. The maximum absolute atomic E-state index is 12.0. The molecule has 6 heteroatoms. The predicted molar refractivity (Wildman–Crippen MR) is 109 cm³/mol. The van der Waals surface area contributed by atoms with Crippen molar-refractivity contribution in [3.8, 4) is 5.75 Å². The van der Waals surface area contributed by atoms with E-state index < -0.39 is 0 Å². The van der Waals surface area contributed by atoms with Crippen LogP contribution >= 0.6 is 0 Å². The number of methoxy groups -OCH3 is 1. The largest absolute Gasteiger partial charge is 0.497 e. The van der Waals surface area contributed by atoms with Crippen LogP contribution in [-0.4, -0.2) is 50.9 Å². The lowest BCUT2D eigenvalue weighted by Gasteiger charge is -2.26. The predicted octanol–water partition coefficient (Wildman–Crippen LogP) is 2.57.